The third-order valence-corrected chi connectivity index (χ3v) is 4.97. The van der Waals surface area contributed by atoms with E-state index in [0.717, 1.165) is 53.4 Å². The number of carbonyl (C=O) groups excluding carboxylic acids is 1. The van der Waals surface area contributed by atoms with Crippen molar-refractivity contribution >= 4 is 11.6 Å². The van der Waals surface area contributed by atoms with E-state index in [9.17, 15) is 4.79 Å². The van der Waals surface area contributed by atoms with Crippen molar-refractivity contribution in [1.82, 2.24) is 14.8 Å². The number of hydrogen-bond donors (Lipinski definition) is 1. The summed E-state index contributed by atoms with van der Waals surface area (Å²) >= 11 is 0. The van der Waals surface area contributed by atoms with Crippen molar-refractivity contribution in [2.24, 2.45) is 0 Å². The van der Waals surface area contributed by atoms with Gasteiger partial charge in [-0.15, -0.1) is 10.2 Å². The molecule has 1 N–H and O–H groups in total. The van der Waals surface area contributed by atoms with Crippen LogP contribution in [-0.4, -0.2) is 20.7 Å². The van der Waals surface area contributed by atoms with Gasteiger partial charge in [-0.25, -0.2) is 0 Å². The van der Waals surface area contributed by atoms with Crippen LogP contribution >= 0.6 is 0 Å². The van der Waals surface area contributed by atoms with Gasteiger partial charge in [0, 0.05) is 29.8 Å². The van der Waals surface area contributed by atoms with E-state index < -0.39 is 0 Å². The zero-order valence-electron chi connectivity index (χ0n) is 15.8. The highest BCUT2D eigenvalue weighted by atomic mass is 16.1. The van der Waals surface area contributed by atoms with Crippen LogP contribution in [0.15, 0.2) is 42.5 Å². The lowest BCUT2D eigenvalue weighted by Crippen LogP contribution is -2.12. The second kappa shape index (κ2) is 7.35. The molecule has 138 valence electrons. The van der Waals surface area contributed by atoms with Crippen LogP contribution in [0.5, 0.6) is 0 Å². The minimum atomic E-state index is -0.0981. The average molecular weight is 360 g/mol. The number of fused-ring (bicyclic) bond motifs is 1. The minimum Gasteiger partial charge on any atom is -0.322 e. The van der Waals surface area contributed by atoms with Gasteiger partial charge in [-0.05, 0) is 51.0 Å². The molecule has 0 saturated carbocycles. The molecule has 2 aromatic carbocycles. The summed E-state index contributed by atoms with van der Waals surface area (Å²) in [6.07, 6.45) is 4.54. The van der Waals surface area contributed by atoms with E-state index in [1.54, 1.807) is 0 Å². The van der Waals surface area contributed by atoms with E-state index in [2.05, 4.69) is 26.1 Å². The number of aromatic nitrogens is 3. The Balaban J connectivity index is 1.60. The molecule has 1 aliphatic rings. The maximum Gasteiger partial charge on any atom is 0.255 e. The first-order valence-electron chi connectivity index (χ1n) is 9.52. The Kier molecular flexibility index (Phi) is 4.75. The molecule has 1 aromatic heterocycles. The number of amides is 1. The van der Waals surface area contributed by atoms with Crippen LogP contribution in [0.25, 0.3) is 11.4 Å². The van der Waals surface area contributed by atoms with Gasteiger partial charge in [0.2, 0.25) is 0 Å². The zero-order chi connectivity index (χ0) is 18.8. The van der Waals surface area contributed by atoms with Crippen LogP contribution in [-0.2, 0) is 13.0 Å². The summed E-state index contributed by atoms with van der Waals surface area (Å²) in [4.78, 5) is 12.7. The van der Waals surface area contributed by atoms with Crippen molar-refractivity contribution in [3.63, 3.8) is 0 Å². The van der Waals surface area contributed by atoms with Gasteiger partial charge in [0.05, 0.1) is 0 Å². The highest BCUT2D eigenvalue weighted by Gasteiger charge is 2.16. The average Bonchev–Trinajstić information content (AvgIpc) is 2.89. The molecular formula is C22H24N4O. The standard InChI is InChI=1S/C22H24N4O/c1-15-11-16(2)13-18(12-15)22(27)23-19-8-6-7-17(14-19)21-25-24-20-9-4-3-5-10-26(20)21/h6-8,11-14H,3-5,9-10H2,1-2H3,(H,23,27). The molecule has 27 heavy (non-hydrogen) atoms. The van der Waals surface area contributed by atoms with Crippen LogP contribution in [0, 0.1) is 13.8 Å². The third-order valence-electron chi connectivity index (χ3n) is 4.97. The summed E-state index contributed by atoms with van der Waals surface area (Å²) < 4.78 is 2.22. The Morgan fingerprint density at radius 2 is 1.81 bits per heavy atom. The Bertz CT molecular complexity index is 969. The van der Waals surface area contributed by atoms with E-state index >= 15 is 0 Å². The van der Waals surface area contributed by atoms with Gasteiger partial charge in [0.1, 0.15) is 5.82 Å². The largest absolute Gasteiger partial charge is 0.322 e. The minimum absolute atomic E-state index is 0.0981. The number of nitrogens with one attached hydrogen (secondary N) is 1. The molecule has 1 amide bonds. The molecule has 4 rings (SSSR count). The van der Waals surface area contributed by atoms with Crippen LogP contribution < -0.4 is 5.32 Å². The predicted molar refractivity (Wildman–Crippen MR) is 107 cm³/mol. The molecule has 0 aliphatic carbocycles. The fourth-order valence-corrected chi connectivity index (χ4v) is 3.74. The van der Waals surface area contributed by atoms with E-state index in [1.807, 2.05) is 50.2 Å². The molecule has 0 spiro atoms. The summed E-state index contributed by atoms with van der Waals surface area (Å²) in [7, 11) is 0. The fraction of sp³-hybridized carbons (Fsp3) is 0.318. The molecule has 0 bridgehead atoms. The maximum atomic E-state index is 12.7. The summed E-state index contributed by atoms with van der Waals surface area (Å²) in [6.45, 7) is 4.96. The number of hydrogen-bond acceptors (Lipinski definition) is 3. The summed E-state index contributed by atoms with van der Waals surface area (Å²) in [5, 5.41) is 11.8. The first kappa shape index (κ1) is 17.5. The van der Waals surface area contributed by atoms with Gasteiger partial charge in [0.15, 0.2) is 5.82 Å². The summed E-state index contributed by atoms with van der Waals surface area (Å²) in [6, 6.07) is 13.7. The molecular weight excluding hydrogens is 336 g/mol. The van der Waals surface area contributed by atoms with Gasteiger partial charge in [-0.3, -0.25) is 4.79 Å². The van der Waals surface area contributed by atoms with Gasteiger partial charge in [0.25, 0.3) is 5.91 Å². The van der Waals surface area contributed by atoms with Crippen molar-refractivity contribution < 1.29 is 4.79 Å². The van der Waals surface area contributed by atoms with Crippen molar-refractivity contribution in [2.45, 2.75) is 46.1 Å². The van der Waals surface area contributed by atoms with Gasteiger partial charge < -0.3 is 9.88 Å². The van der Waals surface area contributed by atoms with E-state index in [-0.39, 0.29) is 5.91 Å². The lowest BCUT2D eigenvalue weighted by Gasteiger charge is -2.10. The van der Waals surface area contributed by atoms with E-state index in [1.165, 1.54) is 12.8 Å². The number of rotatable bonds is 3. The maximum absolute atomic E-state index is 12.7. The van der Waals surface area contributed by atoms with Crippen LogP contribution in [0.3, 0.4) is 0 Å². The first-order chi connectivity index (χ1) is 13.1. The number of carbonyl (C=O) groups is 1. The summed E-state index contributed by atoms with van der Waals surface area (Å²) in [5.74, 6) is 1.85. The quantitative estimate of drug-likeness (QED) is 0.746. The van der Waals surface area contributed by atoms with Crippen molar-refractivity contribution in [3.8, 4) is 11.4 Å². The molecule has 5 nitrogen and oxygen atoms in total. The van der Waals surface area contributed by atoms with E-state index in [0.29, 0.717) is 5.56 Å². The van der Waals surface area contributed by atoms with E-state index in [4.69, 9.17) is 0 Å². The van der Waals surface area contributed by atoms with Crippen LogP contribution in [0.1, 0.15) is 46.6 Å². The Morgan fingerprint density at radius 1 is 1.00 bits per heavy atom. The lowest BCUT2D eigenvalue weighted by atomic mass is 10.1. The smallest absolute Gasteiger partial charge is 0.255 e. The highest BCUT2D eigenvalue weighted by Crippen LogP contribution is 2.25. The topological polar surface area (TPSA) is 59.8 Å². The number of benzene rings is 2. The van der Waals surface area contributed by atoms with Crippen LogP contribution in [0.2, 0.25) is 0 Å². The second-order valence-corrected chi connectivity index (χ2v) is 7.31. The molecule has 0 saturated heterocycles. The molecule has 0 fully saturated rings. The third kappa shape index (κ3) is 3.77. The van der Waals surface area contributed by atoms with Gasteiger partial charge in [-0.2, -0.15) is 0 Å². The van der Waals surface area contributed by atoms with Crippen molar-refractivity contribution in [2.75, 3.05) is 5.32 Å². The first-order valence-corrected chi connectivity index (χ1v) is 9.52. The second-order valence-electron chi connectivity index (χ2n) is 7.31. The van der Waals surface area contributed by atoms with Gasteiger partial charge in [-0.1, -0.05) is 35.7 Å². The Labute approximate surface area is 159 Å². The fourth-order valence-electron chi connectivity index (χ4n) is 3.74. The zero-order valence-corrected chi connectivity index (χ0v) is 15.8. The molecule has 3 aromatic rings. The molecule has 0 radical (unpaired) electrons. The molecule has 5 heteroatoms. The highest BCUT2D eigenvalue weighted by molar-refractivity contribution is 6.04. The van der Waals surface area contributed by atoms with Crippen molar-refractivity contribution in [3.05, 3.63) is 65.0 Å². The lowest BCUT2D eigenvalue weighted by molar-refractivity contribution is 0.102. The molecule has 1 aliphatic heterocycles. The number of nitrogens with zero attached hydrogens (tertiary/aromatic N) is 3. The molecule has 2 heterocycles. The number of anilines is 1. The molecule has 0 atom stereocenters. The Hall–Kier alpha value is -2.95. The normalized spacial score (nSPS) is 13.7. The number of aryl methyl sites for hydroxylation is 3. The summed E-state index contributed by atoms with van der Waals surface area (Å²) in [5.41, 5.74) is 4.59. The van der Waals surface area contributed by atoms with Crippen LogP contribution in [0.4, 0.5) is 5.69 Å². The SMILES string of the molecule is Cc1cc(C)cc(C(=O)Nc2cccc(-c3nnc4n3CCCCC4)c2)c1. The Morgan fingerprint density at radius 3 is 2.63 bits per heavy atom. The predicted octanol–water partition coefficient (Wildman–Crippen LogP) is 4.54. The molecule has 0 unspecified atom stereocenters. The monoisotopic (exact) mass is 360 g/mol. The van der Waals surface area contributed by atoms with Gasteiger partial charge >= 0.3 is 0 Å². The van der Waals surface area contributed by atoms with Crippen molar-refractivity contribution in [1.29, 1.82) is 0 Å².